The Morgan fingerprint density at radius 2 is 1.83 bits per heavy atom. The SMILES string of the molecule is CCCCN(C(=O)c1cc(C)oc1C)C1CC(C)(C)NC(C)(C)C1. The van der Waals surface area contributed by atoms with Gasteiger partial charge in [0.05, 0.1) is 5.56 Å². The summed E-state index contributed by atoms with van der Waals surface area (Å²) in [5, 5.41) is 3.71. The third-order valence-electron chi connectivity index (χ3n) is 4.89. The van der Waals surface area contributed by atoms with Crippen molar-refractivity contribution in [3.63, 3.8) is 0 Å². The molecule has 136 valence electrons. The quantitative estimate of drug-likeness (QED) is 0.865. The largest absolute Gasteiger partial charge is 0.466 e. The maximum Gasteiger partial charge on any atom is 0.257 e. The second kappa shape index (κ2) is 6.91. The number of unbranched alkanes of at least 4 members (excludes halogenated alkanes) is 1. The minimum atomic E-state index is 0.0263. The van der Waals surface area contributed by atoms with Gasteiger partial charge in [0, 0.05) is 23.7 Å². The third-order valence-corrected chi connectivity index (χ3v) is 4.89. The molecule has 0 aliphatic carbocycles. The van der Waals surface area contributed by atoms with Crippen molar-refractivity contribution in [3.05, 3.63) is 23.2 Å². The van der Waals surface area contributed by atoms with Crippen molar-refractivity contribution in [1.82, 2.24) is 10.2 Å². The molecule has 0 bridgehead atoms. The summed E-state index contributed by atoms with van der Waals surface area (Å²) < 4.78 is 5.60. The van der Waals surface area contributed by atoms with Gasteiger partial charge in [-0.2, -0.15) is 0 Å². The molecule has 2 rings (SSSR count). The van der Waals surface area contributed by atoms with Gasteiger partial charge in [0.25, 0.3) is 5.91 Å². The van der Waals surface area contributed by atoms with Crippen molar-refractivity contribution in [2.24, 2.45) is 0 Å². The van der Waals surface area contributed by atoms with Gasteiger partial charge in [0.1, 0.15) is 11.5 Å². The number of carbonyl (C=O) groups is 1. The molecule has 1 aliphatic rings. The molecule has 0 aromatic carbocycles. The first-order valence-corrected chi connectivity index (χ1v) is 9.22. The van der Waals surface area contributed by atoms with E-state index >= 15 is 0 Å². The zero-order valence-corrected chi connectivity index (χ0v) is 16.5. The van der Waals surface area contributed by atoms with Crippen LogP contribution in [-0.2, 0) is 0 Å². The highest BCUT2D eigenvalue weighted by Gasteiger charge is 2.41. The zero-order valence-electron chi connectivity index (χ0n) is 16.5. The van der Waals surface area contributed by atoms with Crippen LogP contribution in [0, 0.1) is 13.8 Å². The molecular formula is C20H34N2O2. The van der Waals surface area contributed by atoms with Gasteiger partial charge in [-0.25, -0.2) is 0 Å². The Kier molecular flexibility index (Phi) is 5.48. The van der Waals surface area contributed by atoms with Gasteiger partial charge in [-0.3, -0.25) is 4.79 Å². The lowest BCUT2D eigenvalue weighted by atomic mass is 9.78. The smallest absolute Gasteiger partial charge is 0.257 e. The Morgan fingerprint density at radius 1 is 1.25 bits per heavy atom. The van der Waals surface area contributed by atoms with Crippen LogP contribution in [0.5, 0.6) is 0 Å². The van der Waals surface area contributed by atoms with Gasteiger partial charge < -0.3 is 14.6 Å². The molecular weight excluding hydrogens is 300 g/mol. The Labute approximate surface area is 147 Å². The molecule has 0 saturated carbocycles. The van der Waals surface area contributed by atoms with Crippen molar-refractivity contribution in [3.8, 4) is 0 Å². The van der Waals surface area contributed by atoms with Gasteiger partial charge in [-0.1, -0.05) is 13.3 Å². The molecule has 1 amide bonds. The first-order valence-electron chi connectivity index (χ1n) is 9.22. The van der Waals surface area contributed by atoms with Gasteiger partial charge in [0.2, 0.25) is 0 Å². The minimum absolute atomic E-state index is 0.0263. The summed E-state index contributed by atoms with van der Waals surface area (Å²) in [4.78, 5) is 15.4. The number of nitrogens with one attached hydrogen (secondary N) is 1. The summed E-state index contributed by atoms with van der Waals surface area (Å²) in [6, 6.07) is 2.14. The highest BCUT2D eigenvalue weighted by atomic mass is 16.3. The molecule has 0 atom stereocenters. The molecule has 1 saturated heterocycles. The normalized spacial score (nSPS) is 20.1. The van der Waals surface area contributed by atoms with E-state index in [-0.39, 0.29) is 23.0 Å². The summed E-state index contributed by atoms with van der Waals surface area (Å²) in [6.45, 7) is 15.7. The molecule has 4 nitrogen and oxygen atoms in total. The van der Waals surface area contributed by atoms with Gasteiger partial charge in [0.15, 0.2) is 0 Å². The number of amides is 1. The van der Waals surface area contributed by atoms with Crippen molar-refractivity contribution in [2.75, 3.05) is 6.54 Å². The van der Waals surface area contributed by atoms with E-state index in [1.54, 1.807) is 0 Å². The average Bonchev–Trinajstić information content (AvgIpc) is 2.74. The van der Waals surface area contributed by atoms with Gasteiger partial charge >= 0.3 is 0 Å². The summed E-state index contributed by atoms with van der Waals surface area (Å²) in [5.41, 5.74) is 0.773. The summed E-state index contributed by atoms with van der Waals surface area (Å²) in [5.74, 6) is 1.65. The second-order valence-electron chi connectivity index (χ2n) is 8.63. The number of piperidine rings is 1. The second-order valence-corrected chi connectivity index (χ2v) is 8.63. The first kappa shape index (κ1) is 19.0. The van der Waals surface area contributed by atoms with Gasteiger partial charge in [-0.05, 0) is 66.9 Å². The molecule has 1 fully saturated rings. The van der Waals surface area contributed by atoms with Gasteiger partial charge in [-0.15, -0.1) is 0 Å². The van der Waals surface area contributed by atoms with Crippen molar-refractivity contribution in [2.45, 2.75) is 91.3 Å². The van der Waals surface area contributed by atoms with E-state index in [0.29, 0.717) is 0 Å². The lowest BCUT2D eigenvalue weighted by Gasteiger charge is -2.49. The van der Waals surface area contributed by atoms with Crippen LogP contribution in [0.2, 0.25) is 0 Å². The zero-order chi connectivity index (χ0) is 18.1. The van der Waals surface area contributed by atoms with Crippen LogP contribution in [0.1, 0.15) is 82.2 Å². The fraction of sp³-hybridized carbons (Fsp3) is 0.750. The highest BCUT2D eigenvalue weighted by Crippen LogP contribution is 2.33. The van der Waals surface area contributed by atoms with Crippen LogP contribution in [-0.4, -0.2) is 34.5 Å². The van der Waals surface area contributed by atoms with E-state index in [0.717, 1.165) is 49.3 Å². The fourth-order valence-corrected chi connectivity index (χ4v) is 4.27. The van der Waals surface area contributed by atoms with Crippen LogP contribution in [0.4, 0.5) is 0 Å². The Balaban J connectivity index is 2.30. The lowest BCUT2D eigenvalue weighted by Crippen LogP contribution is -2.62. The first-order chi connectivity index (χ1) is 11.0. The molecule has 0 unspecified atom stereocenters. The van der Waals surface area contributed by atoms with Crippen LogP contribution < -0.4 is 5.32 Å². The number of hydrogen-bond acceptors (Lipinski definition) is 3. The lowest BCUT2D eigenvalue weighted by molar-refractivity contribution is 0.0440. The number of carbonyl (C=O) groups excluding carboxylic acids is 1. The molecule has 1 N–H and O–H groups in total. The van der Waals surface area contributed by atoms with Crippen LogP contribution in [0.3, 0.4) is 0 Å². The maximum absolute atomic E-state index is 13.3. The van der Waals surface area contributed by atoms with E-state index < -0.39 is 0 Å². The molecule has 0 spiro atoms. The number of hydrogen-bond donors (Lipinski definition) is 1. The predicted molar refractivity (Wildman–Crippen MR) is 98.4 cm³/mol. The fourth-order valence-electron chi connectivity index (χ4n) is 4.27. The molecule has 0 radical (unpaired) electrons. The third kappa shape index (κ3) is 4.41. The predicted octanol–water partition coefficient (Wildman–Crippen LogP) is 4.45. The minimum Gasteiger partial charge on any atom is -0.466 e. The number of furan rings is 1. The molecule has 2 heterocycles. The van der Waals surface area contributed by atoms with E-state index in [1.165, 1.54) is 0 Å². The highest BCUT2D eigenvalue weighted by molar-refractivity contribution is 5.95. The number of nitrogens with zero attached hydrogens (tertiary/aromatic N) is 1. The summed E-state index contributed by atoms with van der Waals surface area (Å²) in [7, 11) is 0. The molecule has 1 aromatic rings. The maximum atomic E-state index is 13.3. The monoisotopic (exact) mass is 334 g/mol. The van der Waals surface area contributed by atoms with E-state index in [4.69, 9.17) is 4.42 Å². The topological polar surface area (TPSA) is 45.5 Å². The standard InChI is InChI=1S/C20H34N2O2/c1-8-9-10-22(18(23)17-11-14(2)24-15(17)3)16-12-19(4,5)21-20(6,7)13-16/h11,16,21H,8-10,12-13H2,1-7H3. The summed E-state index contributed by atoms with van der Waals surface area (Å²) in [6.07, 6.45) is 4.07. The van der Waals surface area contributed by atoms with Crippen LogP contribution in [0.25, 0.3) is 0 Å². The van der Waals surface area contributed by atoms with Crippen LogP contribution >= 0.6 is 0 Å². The van der Waals surface area contributed by atoms with Crippen molar-refractivity contribution in [1.29, 1.82) is 0 Å². The summed E-state index contributed by atoms with van der Waals surface area (Å²) >= 11 is 0. The molecule has 4 heteroatoms. The molecule has 1 aromatic heterocycles. The Morgan fingerprint density at radius 3 is 2.29 bits per heavy atom. The molecule has 1 aliphatic heterocycles. The van der Waals surface area contributed by atoms with Crippen LogP contribution in [0.15, 0.2) is 10.5 Å². The average molecular weight is 335 g/mol. The Hall–Kier alpha value is -1.29. The van der Waals surface area contributed by atoms with E-state index in [2.05, 4.69) is 44.8 Å². The number of rotatable bonds is 5. The van der Waals surface area contributed by atoms with E-state index in [1.807, 2.05) is 19.9 Å². The Bertz CT molecular complexity index is 570. The molecule has 24 heavy (non-hydrogen) atoms. The van der Waals surface area contributed by atoms with E-state index in [9.17, 15) is 4.79 Å². The van der Waals surface area contributed by atoms with Crippen molar-refractivity contribution < 1.29 is 9.21 Å². The number of aryl methyl sites for hydroxylation is 2. The van der Waals surface area contributed by atoms with Crippen molar-refractivity contribution >= 4 is 5.91 Å².